The molecule has 0 amide bonds. The van der Waals surface area contributed by atoms with E-state index in [4.69, 9.17) is 0 Å². The molecule has 0 spiro atoms. The molecule has 0 aliphatic carbocycles. The summed E-state index contributed by atoms with van der Waals surface area (Å²) in [5, 5.41) is 0. The van der Waals surface area contributed by atoms with Crippen LogP contribution in [-0.2, 0) is 0 Å². The van der Waals surface area contributed by atoms with Crippen molar-refractivity contribution in [3.05, 3.63) is 29.3 Å². The molecule has 0 aromatic heterocycles. The zero-order chi connectivity index (χ0) is 6.85. The van der Waals surface area contributed by atoms with E-state index in [1.807, 2.05) is 0 Å². The van der Waals surface area contributed by atoms with Gasteiger partial charge in [-0.25, -0.2) is 0 Å². The molecule has 1 rings (SSSR count). The monoisotopic (exact) mass is 226 g/mol. The van der Waals surface area contributed by atoms with Crippen molar-refractivity contribution >= 4 is 26.1 Å². The van der Waals surface area contributed by atoms with Gasteiger partial charge in [-0.1, -0.05) is 0 Å². The minimum absolute atomic E-state index is 1.24. The van der Waals surface area contributed by atoms with Crippen molar-refractivity contribution in [2.24, 2.45) is 0 Å². The summed E-state index contributed by atoms with van der Waals surface area (Å²) < 4.78 is 1.51. The molecule has 46 valence electrons. The Hall–Kier alpha value is 0.0187. The molecule has 0 aliphatic heterocycles. The van der Waals surface area contributed by atoms with E-state index in [2.05, 4.69) is 32.0 Å². The predicted octanol–water partition coefficient (Wildman–Crippen LogP) is 0.830. The summed E-state index contributed by atoms with van der Waals surface area (Å²) in [7, 11) is 0. The fourth-order valence-electron chi connectivity index (χ4n) is 0.760. The van der Waals surface area contributed by atoms with Crippen molar-refractivity contribution < 1.29 is 0 Å². The first kappa shape index (κ1) is 7.13. The maximum absolute atomic E-state index is 2.26. The van der Waals surface area contributed by atoms with Crippen molar-refractivity contribution in [2.45, 2.75) is 13.8 Å². The first-order chi connectivity index (χ1) is 4.20. The third kappa shape index (κ3) is 1.71. The number of rotatable bonds is 0. The molecule has 0 bridgehead atoms. The standard InChI is InChI=1S/C8H9.Sn.H/c1-7-3-5-8(2)6-4-7;;/h3-5H,1-2H3;;. The second-order valence-electron chi connectivity index (χ2n) is 2.36. The van der Waals surface area contributed by atoms with Crippen LogP contribution >= 0.6 is 0 Å². The van der Waals surface area contributed by atoms with Gasteiger partial charge in [-0.05, 0) is 0 Å². The third-order valence-corrected chi connectivity index (χ3v) is 3.21. The summed E-state index contributed by atoms with van der Waals surface area (Å²) >= 11 is 1.24. The summed E-state index contributed by atoms with van der Waals surface area (Å²) in [5.41, 5.74) is 2.81. The molecule has 0 aliphatic rings. The molecule has 0 atom stereocenters. The average molecular weight is 225 g/mol. The molecule has 9 heavy (non-hydrogen) atoms. The molecular formula is C8H10Sn. The molecule has 2 radical (unpaired) electrons. The molecule has 0 heterocycles. The van der Waals surface area contributed by atoms with Crippen molar-refractivity contribution in [3.63, 3.8) is 0 Å². The van der Waals surface area contributed by atoms with Crippen LogP contribution in [0.2, 0.25) is 0 Å². The van der Waals surface area contributed by atoms with E-state index < -0.39 is 0 Å². The number of hydrogen-bond acceptors (Lipinski definition) is 0. The topological polar surface area (TPSA) is 0 Å². The van der Waals surface area contributed by atoms with E-state index in [0.29, 0.717) is 0 Å². The van der Waals surface area contributed by atoms with Gasteiger partial charge < -0.3 is 0 Å². The van der Waals surface area contributed by atoms with Crippen LogP contribution in [0.15, 0.2) is 18.2 Å². The Morgan fingerprint density at radius 3 is 2.33 bits per heavy atom. The van der Waals surface area contributed by atoms with Crippen LogP contribution in [0.3, 0.4) is 0 Å². The van der Waals surface area contributed by atoms with Crippen LogP contribution in [0.5, 0.6) is 0 Å². The Morgan fingerprint density at radius 1 is 1.22 bits per heavy atom. The van der Waals surface area contributed by atoms with Gasteiger partial charge in [0, 0.05) is 0 Å². The second-order valence-corrected chi connectivity index (χ2v) is 4.14. The van der Waals surface area contributed by atoms with E-state index in [1.165, 1.54) is 37.2 Å². The van der Waals surface area contributed by atoms with Crippen molar-refractivity contribution in [1.82, 2.24) is 0 Å². The fourth-order valence-corrected chi connectivity index (χ4v) is 1.78. The predicted molar refractivity (Wildman–Crippen MR) is 42.7 cm³/mol. The Balaban J connectivity index is 3.17. The Morgan fingerprint density at radius 2 is 1.89 bits per heavy atom. The van der Waals surface area contributed by atoms with Crippen LogP contribution in [0.1, 0.15) is 11.1 Å². The second kappa shape index (κ2) is 2.73. The molecule has 0 saturated heterocycles. The van der Waals surface area contributed by atoms with Crippen molar-refractivity contribution in [3.8, 4) is 0 Å². The molecule has 0 saturated carbocycles. The van der Waals surface area contributed by atoms with Crippen LogP contribution < -0.4 is 3.58 Å². The van der Waals surface area contributed by atoms with E-state index >= 15 is 0 Å². The summed E-state index contributed by atoms with van der Waals surface area (Å²) in [5.74, 6) is 0. The minimum atomic E-state index is 1.24. The van der Waals surface area contributed by atoms with Gasteiger partial charge in [0.15, 0.2) is 0 Å². The average Bonchev–Trinajstić information content (AvgIpc) is 1.80. The van der Waals surface area contributed by atoms with Gasteiger partial charge in [0.25, 0.3) is 0 Å². The number of hydrogen-bond donors (Lipinski definition) is 0. The Labute approximate surface area is 69.4 Å². The molecule has 1 heteroatoms. The van der Waals surface area contributed by atoms with Gasteiger partial charge in [0.05, 0.1) is 0 Å². The Kier molecular flexibility index (Phi) is 2.17. The molecule has 1 aromatic rings. The van der Waals surface area contributed by atoms with Gasteiger partial charge in [-0.2, -0.15) is 0 Å². The summed E-state index contributed by atoms with van der Waals surface area (Å²) in [6.07, 6.45) is 0. The fraction of sp³-hybridized carbons (Fsp3) is 0.250. The van der Waals surface area contributed by atoms with Crippen molar-refractivity contribution in [1.29, 1.82) is 0 Å². The van der Waals surface area contributed by atoms with Gasteiger partial charge in [-0.3, -0.25) is 0 Å². The van der Waals surface area contributed by atoms with Crippen LogP contribution in [0.25, 0.3) is 0 Å². The molecule has 0 N–H and O–H groups in total. The van der Waals surface area contributed by atoms with Crippen LogP contribution in [-0.4, -0.2) is 22.5 Å². The van der Waals surface area contributed by atoms with Crippen LogP contribution in [0.4, 0.5) is 0 Å². The summed E-state index contributed by atoms with van der Waals surface area (Å²) in [4.78, 5) is 0. The van der Waals surface area contributed by atoms with E-state index in [1.54, 1.807) is 0 Å². The molecular weight excluding hydrogens is 215 g/mol. The maximum atomic E-state index is 2.26. The van der Waals surface area contributed by atoms with Gasteiger partial charge in [0.2, 0.25) is 0 Å². The molecule has 0 nitrogen and oxygen atoms in total. The Bertz CT molecular complexity index is 216. The first-order valence-electron chi connectivity index (χ1n) is 3.03. The van der Waals surface area contributed by atoms with Crippen molar-refractivity contribution in [2.75, 3.05) is 0 Å². The number of aryl methyl sites for hydroxylation is 2. The zero-order valence-corrected chi connectivity index (χ0v) is 9.11. The quantitative estimate of drug-likeness (QED) is 0.573. The van der Waals surface area contributed by atoms with Gasteiger partial charge >= 0.3 is 69.3 Å². The normalized spacial score (nSPS) is 9.67. The van der Waals surface area contributed by atoms with Gasteiger partial charge in [0.1, 0.15) is 0 Å². The first-order valence-corrected chi connectivity index (χ1v) is 4.67. The van der Waals surface area contributed by atoms with E-state index in [-0.39, 0.29) is 0 Å². The van der Waals surface area contributed by atoms with E-state index in [9.17, 15) is 0 Å². The molecule has 0 unspecified atom stereocenters. The van der Waals surface area contributed by atoms with Crippen LogP contribution in [0, 0.1) is 13.8 Å². The molecule has 1 aromatic carbocycles. The summed E-state index contributed by atoms with van der Waals surface area (Å²) in [6.45, 7) is 4.30. The van der Waals surface area contributed by atoms with E-state index in [0.717, 1.165) is 0 Å². The zero-order valence-electron chi connectivity index (χ0n) is 5.81. The van der Waals surface area contributed by atoms with Gasteiger partial charge in [-0.15, -0.1) is 0 Å². The third-order valence-electron chi connectivity index (χ3n) is 1.43. The molecule has 0 fully saturated rings. The SMILES string of the molecule is Cc1ccc(C)[c]([SnH])c1. The number of benzene rings is 1. The summed E-state index contributed by atoms with van der Waals surface area (Å²) in [6, 6.07) is 6.61.